The maximum atomic E-state index is 12.5. The first-order valence-corrected chi connectivity index (χ1v) is 17.4. The topological polar surface area (TPSA) is 115 Å². The van der Waals surface area contributed by atoms with Gasteiger partial charge in [-0.1, -0.05) is 44.1 Å². The van der Waals surface area contributed by atoms with E-state index in [1.165, 1.54) is 31.9 Å². The van der Waals surface area contributed by atoms with E-state index < -0.39 is 12.1 Å². The van der Waals surface area contributed by atoms with E-state index in [9.17, 15) is 4.79 Å². The third-order valence-electron chi connectivity index (χ3n) is 8.09. The minimum absolute atomic E-state index is 0.0489. The fourth-order valence-corrected chi connectivity index (χ4v) is 5.43. The van der Waals surface area contributed by atoms with Crippen LogP contribution in [-0.4, -0.2) is 113 Å². The molecule has 2 aliphatic carbocycles. The van der Waals surface area contributed by atoms with Crippen LogP contribution in [0.15, 0.2) is 83.1 Å². The van der Waals surface area contributed by atoms with Crippen LogP contribution in [-0.2, 0) is 14.3 Å². The fourth-order valence-electron chi connectivity index (χ4n) is 5.43. The molecule has 3 rings (SSSR count). The van der Waals surface area contributed by atoms with Crippen molar-refractivity contribution in [2.24, 2.45) is 15.9 Å². The Labute approximate surface area is 296 Å². The number of hydrogen-bond donors (Lipinski definition) is 3. The number of rotatable bonds is 16. The largest absolute Gasteiger partial charge is 0.381 e. The van der Waals surface area contributed by atoms with Gasteiger partial charge in [-0.05, 0) is 89.5 Å². The summed E-state index contributed by atoms with van der Waals surface area (Å²) in [4.78, 5) is 25.8. The highest BCUT2D eigenvalue weighted by atomic mass is 16.5. The van der Waals surface area contributed by atoms with Crippen molar-refractivity contribution >= 4 is 25.2 Å². The molecule has 0 spiro atoms. The molecule has 3 aliphatic rings. The second kappa shape index (κ2) is 27.0. The Morgan fingerprint density at radius 2 is 1.88 bits per heavy atom. The molecule has 270 valence electrons. The summed E-state index contributed by atoms with van der Waals surface area (Å²) in [5, 5.41) is 13.8. The summed E-state index contributed by atoms with van der Waals surface area (Å²) in [6.07, 6.45) is 19.6. The van der Waals surface area contributed by atoms with Crippen molar-refractivity contribution in [3.05, 3.63) is 73.2 Å². The van der Waals surface area contributed by atoms with Crippen LogP contribution >= 0.6 is 0 Å². The molecule has 0 aromatic heterocycles. The number of nitrogens with zero attached hydrogens (tertiary/aromatic N) is 4. The zero-order chi connectivity index (χ0) is 36.3. The van der Waals surface area contributed by atoms with Crippen LogP contribution in [0.4, 0.5) is 0 Å². The molecule has 4 unspecified atom stereocenters. The zero-order valence-corrected chi connectivity index (χ0v) is 30.5. The Balaban J connectivity index is 0.00000186. The molecular weight excluding hydrogens is 614 g/mol. The summed E-state index contributed by atoms with van der Waals surface area (Å²) < 4.78 is 12.1. The minimum Gasteiger partial charge on any atom is -0.381 e. The van der Waals surface area contributed by atoms with Crippen LogP contribution in [0, 0.1) is 23.2 Å². The van der Waals surface area contributed by atoms with Crippen LogP contribution in [0.5, 0.6) is 0 Å². The van der Waals surface area contributed by atoms with Crippen molar-refractivity contribution in [2.75, 3.05) is 59.5 Å². The molecule has 0 saturated carbocycles. The second-order valence-electron chi connectivity index (χ2n) is 11.7. The van der Waals surface area contributed by atoms with Crippen molar-refractivity contribution < 1.29 is 14.3 Å². The predicted molar refractivity (Wildman–Crippen MR) is 206 cm³/mol. The molecule has 1 saturated heterocycles. The number of aliphatic imine (C=N–C) groups is 2. The highest BCUT2D eigenvalue weighted by Crippen LogP contribution is 2.25. The van der Waals surface area contributed by atoms with Crippen LogP contribution < -0.4 is 10.6 Å². The maximum absolute atomic E-state index is 12.5. The van der Waals surface area contributed by atoms with Gasteiger partial charge < -0.3 is 35.3 Å². The number of hydrogen-bond acceptors (Lipinski definition) is 8. The minimum atomic E-state index is -0.396. The van der Waals surface area contributed by atoms with E-state index in [1.54, 1.807) is 6.92 Å². The number of amides is 1. The van der Waals surface area contributed by atoms with Gasteiger partial charge in [0.2, 0.25) is 0 Å². The van der Waals surface area contributed by atoms with Crippen LogP contribution in [0.1, 0.15) is 52.9 Å². The zero-order valence-electron chi connectivity index (χ0n) is 30.5. The molecule has 10 heteroatoms. The van der Waals surface area contributed by atoms with Gasteiger partial charge in [-0.15, -0.1) is 19.7 Å². The fraction of sp³-hybridized carbons (Fsp3) is 0.538. The summed E-state index contributed by atoms with van der Waals surface area (Å²) in [6.45, 7) is 25.6. The average Bonchev–Trinajstić information content (AvgIpc) is 3.11. The van der Waals surface area contributed by atoms with E-state index >= 15 is 0 Å². The van der Waals surface area contributed by atoms with Crippen molar-refractivity contribution in [2.45, 2.75) is 71.1 Å². The molecule has 0 bridgehead atoms. The lowest BCUT2D eigenvalue weighted by Crippen LogP contribution is -2.44. The standard InChI is InChI=1S/C33H49N7O3.C4H8.C2H4/c1-5-10-33(41)38-30-22-27(24-36-28-11-12-31(43-20-13-34)26(6-2)21-28)29(37-25-35-3)23-32(30)42-19-9-16-40-15-8-7-14-39(4)17-18-40;1-3-4-2;1-2/h11-13,21-23,25-26,30-32,34,36H,3,6-9,14-20,24H2,1-2,4H3,(H,38,41);3H,1,4H2,2H3;1-2H2. The lowest BCUT2D eigenvalue weighted by Gasteiger charge is -2.30. The highest BCUT2D eigenvalue weighted by Gasteiger charge is 2.27. The van der Waals surface area contributed by atoms with Crippen molar-refractivity contribution in [3.8, 4) is 11.8 Å². The van der Waals surface area contributed by atoms with Gasteiger partial charge in [-0.3, -0.25) is 9.79 Å². The highest BCUT2D eigenvalue weighted by molar-refractivity contribution is 5.93. The Morgan fingerprint density at radius 1 is 1.12 bits per heavy atom. The van der Waals surface area contributed by atoms with E-state index in [4.69, 9.17) is 14.9 Å². The molecule has 0 radical (unpaired) electrons. The quantitative estimate of drug-likeness (QED) is 0.0670. The predicted octanol–water partition coefficient (Wildman–Crippen LogP) is 5.34. The molecule has 10 nitrogen and oxygen atoms in total. The third-order valence-corrected chi connectivity index (χ3v) is 8.09. The van der Waals surface area contributed by atoms with E-state index in [2.05, 4.69) is 95.7 Å². The molecule has 3 N–H and O–H groups in total. The lowest BCUT2D eigenvalue weighted by molar-refractivity contribution is -0.116. The normalized spacial score (nSPS) is 22.5. The maximum Gasteiger partial charge on any atom is 0.296 e. The van der Waals surface area contributed by atoms with Gasteiger partial charge in [0.15, 0.2) is 0 Å². The van der Waals surface area contributed by atoms with E-state index in [1.807, 2.05) is 30.4 Å². The Hall–Kier alpha value is -3.88. The van der Waals surface area contributed by atoms with Crippen molar-refractivity contribution in [1.29, 1.82) is 5.41 Å². The first-order valence-electron chi connectivity index (χ1n) is 17.4. The Kier molecular flexibility index (Phi) is 23.8. The molecule has 49 heavy (non-hydrogen) atoms. The van der Waals surface area contributed by atoms with Gasteiger partial charge in [0.1, 0.15) is 12.4 Å². The lowest BCUT2D eigenvalue weighted by atomic mass is 9.93. The van der Waals surface area contributed by atoms with Gasteiger partial charge in [-0.2, -0.15) is 0 Å². The molecule has 1 heterocycles. The summed E-state index contributed by atoms with van der Waals surface area (Å²) in [5.41, 5.74) is 2.62. The number of likely N-dealkylation sites (N-methyl/N-ethyl adjacent to an activating group) is 1. The average molecular weight is 676 g/mol. The number of carbonyl (C=O) groups is 1. The Bertz CT molecular complexity index is 1230. The molecule has 1 aliphatic heterocycles. The molecule has 1 amide bonds. The van der Waals surface area contributed by atoms with Gasteiger partial charge in [0, 0.05) is 50.6 Å². The summed E-state index contributed by atoms with van der Waals surface area (Å²) in [7, 11) is 2.19. The van der Waals surface area contributed by atoms with Gasteiger partial charge in [0.25, 0.3) is 5.91 Å². The first kappa shape index (κ1) is 43.1. The van der Waals surface area contributed by atoms with E-state index in [0.29, 0.717) is 19.8 Å². The third kappa shape index (κ3) is 17.4. The smallest absolute Gasteiger partial charge is 0.296 e. The van der Waals surface area contributed by atoms with Gasteiger partial charge in [-0.25, -0.2) is 4.99 Å². The van der Waals surface area contributed by atoms with Gasteiger partial charge >= 0.3 is 0 Å². The number of nitrogens with one attached hydrogen (secondary N) is 3. The summed E-state index contributed by atoms with van der Waals surface area (Å²) in [5.74, 6) is 5.12. The molecular formula is C39H61N7O3. The number of carbonyl (C=O) groups excluding carboxylic acids is 1. The summed E-state index contributed by atoms with van der Waals surface area (Å²) >= 11 is 0. The first-order chi connectivity index (χ1) is 23.9. The van der Waals surface area contributed by atoms with Crippen LogP contribution in [0.25, 0.3) is 0 Å². The second-order valence-corrected chi connectivity index (χ2v) is 11.7. The van der Waals surface area contributed by atoms with E-state index in [0.717, 1.165) is 62.4 Å². The Morgan fingerprint density at radius 3 is 2.55 bits per heavy atom. The number of ether oxygens (including phenoxy) is 2. The molecule has 4 atom stereocenters. The van der Waals surface area contributed by atoms with Gasteiger partial charge in [0.05, 0.1) is 24.4 Å². The molecule has 0 aromatic carbocycles. The molecule has 1 fully saturated rings. The van der Waals surface area contributed by atoms with Crippen LogP contribution in [0.2, 0.25) is 0 Å². The van der Waals surface area contributed by atoms with E-state index in [-0.39, 0.29) is 17.9 Å². The monoisotopic (exact) mass is 675 g/mol. The number of allylic oxidation sites excluding steroid dienone is 2. The summed E-state index contributed by atoms with van der Waals surface area (Å²) in [6, 6.07) is -0.394. The van der Waals surface area contributed by atoms with Crippen LogP contribution in [0.3, 0.4) is 0 Å². The SMILES string of the molecule is C=C.C=CCC.C=NC=NC1=CC(OCCCN2CCCCN(C)CC2)C(NC(=O)C#CC)C=C1CNC1=CC(CC)C(OCC=N)C=C1. The van der Waals surface area contributed by atoms with Crippen molar-refractivity contribution in [3.63, 3.8) is 0 Å². The van der Waals surface area contributed by atoms with Crippen molar-refractivity contribution in [1.82, 2.24) is 20.4 Å². The molecule has 0 aromatic rings.